The lowest BCUT2D eigenvalue weighted by Gasteiger charge is -2.23. The third-order valence-electron chi connectivity index (χ3n) is 6.39. The molecule has 3 aromatic carbocycles. The highest BCUT2D eigenvalue weighted by molar-refractivity contribution is 7.91. The van der Waals surface area contributed by atoms with Crippen molar-refractivity contribution in [3.05, 3.63) is 83.9 Å². The molecule has 0 amide bonds. The third kappa shape index (κ3) is 6.15. The van der Waals surface area contributed by atoms with Gasteiger partial charge in [0.2, 0.25) is 10.0 Å². The van der Waals surface area contributed by atoms with Gasteiger partial charge in [-0.05, 0) is 61.3 Å². The van der Waals surface area contributed by atoms with Gasteiger partial charge in [-0.2, -0.15) is 17.9 Å². The summed E-state index contributed by atoms with van der Waals surface area (Å²) in [6.45, 7) is 0.962. The minimum absolute atomic E-state index is 0.137. The molecule has 4 rings (SSSR count). The Hall–Kier alpha value is -3.06. The first-order chi connectivity index (χ1) is 17.8. The van der Waals surface area contributed by atoms with Gasteiger partial charge in [0.05, 0.1) is 21.4 Å². The Morgan fingerprint density at radius 2 is 1.58 bits per heavy atom. The Balaban J connectivity index is 1.62. The van der Waals surface area contributed by atoms with Crippen LogP contribution in [-0.4, -0.2) is 48.0 Å². The summed E-state index contributed by atoms with van der Waals surface area (Å²) in [6.07, 6.45) is -2.99. The molecule has 2 N–H and O–H groups in total. The van der Waals surface area contributed by atoms with Gasteiger partial charge in [-0.25, -0.2) is 16.8 Å². The molecule has 38 heavy (non-hydrogen) atoms. The van der Waals surface area contributed by atoms with Crippen molar-refractivity contribution in [2.45, 2.75) is 28.4 Å². The number of rotatable bonds is 8. The van der Waals surface area contributed by atoms with Crippen molar-refractivity contribution in [3.8, 4) is 11.1 Å². The van der Waals surface area contributed by atoms with Crippen LogP contribution in [0.4, 0.5) is 13.2 Å². The maximum absolute atomic E-state index is 13.5. The Labute approximate surface area is 219 Å². The predicted octanol–water partition coefficient (Wildman–Crippen LogP) is 3.92. The first-order valence-corrected chi connectivity index (χ1v) is 15.0. The zero-order chi connectivity index (χ0) is 27.7. The van der Waals surface area contributed by atoms with Crippen molar-refractivity contribution in [2.24, 2.45) is 5.92 Å². The van der Waals surface area contributed by atoms with Gasteiger partial charge >= 0.3 is 6.18 Å². The second-order valence-corrected chi connectivity index (χ2v) is 12.8. The number of carbonyl (C=O) groups excluding carboxylic acids is 1. The number of hydrogen-bond acceptors (Lipinski definition) is 6. The molecule has 0 spiro atoms. The first kappa shape index (κ1) is 28.0. The molecule has 2 atom stereocenters. The normalized spacial score (nSPS) is 17.3. The van der Waals surface area contributed by atoms with E-state index in [0.29, 0.717) is 42.8 Å². The lowest BCUT2D eigenvalue weighted by Crippen LogP contribution is -2.46. The van der Waals surface area contributed by atoms with Gasteiger partial charge in [0.25, 0.3) is 0 Å². The summed E-state index contributed by atoms with van der Waals surface area (Å²) in [5.74, 6) is -0.880. The maximum Gasteiger partial charge on any atom is 0.416 e. The number of alkyl halides is 3. The number of sulfone groups is 1. The summed E-state index contributed by atoms with van der Waals surface area (Å²) in [5.41, 5.74) is 0.250. The topological polar surface area (TPSA) is 109 Å². The summed E-state index contributed by atoms with van der Waals surface area (Å²) < 4.78 is 91.5. The van der Waals surface area contributed by atoms with Gasteiger partial charge in [0, 0.05) is 17.4 Å². The quantitative estimate of drug-likeness (QED) is 0.400. The van der Waals surface area contributed by atoms with Crippen LogP contribution < -0.4 is 10.0 Å². The van der Waals surface area contributed by atoms with Crippen molar-refractivity contribution in [1.29, 1.82) is 0 Å². The van der Waals surface area contributed by atoms with E-state index in [-0.39, 0.29) is 21.3 Å². The lowest BCUT2D eigenvalue weighted by atomic mass is 9.91. The number of sulfonamides is 1. The molecule has 202 valence electrons. The predicted molar refractivity (Wildman–Crippen MR) is 136 cm³/mol. The van der Waals surface area contributed by atoms with E-state index in [9.17, 15) is 34.8 Å². The zero-order valence-corrected chi connectivity index (χ0v) is 21.8. The molecular weight excluding hydrogens is 541 g/mol. The maximum atomic E-state index is 13.5. The molecule has 1 aliphatic heterocycles. The number of nitrogens with one attached hydrogen (secondary N) is 2. The van der Waals surface area contributed by atoms with E-state index >= 15 is 0 Å². The molecule has 0 aliphatic carbocycles. The standard InChI is InChI=1S/C26H25F3N2O5S2/c1-37(33,34)23-5-3-2-4-22(23)17-6-8-18(9-7-17)25(32)24(19-14-15-30-16-19)31-38(35,36)21-12-10-20(11-13-21)26(27,28)29/h2-13,19,24,30-31H,14-16H2,1H3. The molecule has 2 unspecified atom stereocenters. The number of ketones is 1. The van der Waals surface area contributed by atoms with Crippen LogP contribution in [0.1, 0.15) is 22.3 Å². The number of carbonyl (C=O) groups is 1. The number of halogens is 3. The monoisotopic (exact) mass is 566 g/mol. The molecule has 7 nitrogen and oxygen atoms in total. The van der Waals surface area contributed by atoms with Crippen LogP contribution in [0.5, 0.6) is 0 Å². The Morgan fingerprint density at radius 3 is 2.13 bits per heavy atom. The third-order valence-corrected chi connectivity index (χ3v) is 9.01. The highest BCUT2D eigenvalue weighted by Gasteiger charge is 2.36. The molecule has 0 radical (unpaired) electrons. The van der Waals surface area contributed by atoms with Gasteiger partial charge < -0.3 is 5.32 Å². The minimum atomic E-state index is -4.61. The van der Waals surface area contributed by atoms with Crippen LogP contribution in [0.15, 0.2) is 82.6 Å². The van der Waals surface area contributed by atoms with Crippen molar-refractivity contribution >= 4 is 25.6 Å². The van der Waals surface area contributed by atoms with Gasteiger partial charge in [0.1, 0.15) is 0 Å². The second-order valence-electron chi connectivity index (χ2n) is 9.08. The molecule has 1 fully saturated rings. The van der Waals surface area contributed by atoms with E-state index in [1.54, 1.807) is 30.3 Å². The van der Waals surface area contributed by atoms with Crippen molar-refractivity contribution in [3.63, 3.8) is 0 Å². The van der Waals surface area contributed by atoms with Crippen LogP contribution in [0.2, 0.25) is 0 Å². The largest absolute Gasteiger partial charge is 0.416 e. The fourth-order valence-electron chi connectivity index (χ4n) is 4.41. The van der Waals surface area contributed by atoms with Crippen LogP contribution in [0.25, 0.3) is 11.1 Å². The summed E-state index contributed by atoms with van der Waals surface area (Å²) >= 11 is 0. The molecule has 0 bridgehead atoms. The average molecular weight is 567 g/mol. The Bertz CT molecular complexity index is 1530. The van der Waals surface area contributed by atoms with Gasteiger partial charge in [-0.1, -0.05) is 42.5 Å². The molecule has 0 aromatic heterocycles. The average Bonchev–Trinajstić information content (AvgIpc) is 3.41. The summed E-state index contributed by atoms with van der Waals surface area (Å²) in [5, 5.41) is 3.09. The van der Waals surface area contributed by atoms with E-state index in [2.05, 4.69) is 10.0 Å². The second kappa shape index (κ2) is 10.6. The SMILES string of the molecule is CS(=O)(=O)c1ccccc1-c1ccc(C(=O)C(NS(=O)(=O)c2ccc(C(F)(F)F)cc2)C2CCNC2)cc1. The van der Waals surface area contributed by atoms with Crippen LogP contribution in [0.3, 0.4) is 0 Å². The Kier molecular flexibility index (Phi) is 7.80. The van der Waals surface area contributed by atoms with Crippen molar-refractivity contribution in [2.75, 3.05) is 19.3 Å². The van der Waals surface area contributed by atoms with Crippen LogP contribution >= 0.6 is 0 Å². The molecule has 1 heterocycles. The number of Topliss-reactive ketones (excluding diaryl/α,β-unsaturated/α-hetero) is 1. The number of hydrogen-bond donors (Lipinski definition) is 2. The molecule has 0 saturated carbocycles. The molecule has 12 heteroatoms. The van der Waals surface area contributed by atoms with Gasteiger partial charge in [0.15, 0.2) is 15.6 Å². The van der Waals surface area contributed by atoms with E-state index < -0.39 is 43.4 Å². The Morgan fingerprint density at radius 1 is 0.947 bits per heavy atom. The van der Waals surface area contributed by atoms with Gasteiger partial charge in [-0.15, -0.1) is 0 Å². The van der Waals surface area contributed by atoms with Crippen LogP contribution in [0, 0.1) is 5.92 Å². The highest BCUT2D eigenvalue weighted by atomic mass is 32.2. The molecule has 3 aromatic rings. The molecule has 1 aliphatic rings. The van der Waals surface area contributed by atoms with E-state index in [0.717, 1.165) is 18.4 Å². The smallest absolute Gasteiger partial charge is 0.316 e. The summed E-state index contributed by atoms with van der Waals surface area (Å²) in [4.78, 5) is 13.3. The van der Waals surface area contributed by atoms with E-state index in [1.165, 1.54) is 18.2 Å². The fourth-order valence-corrected chi connectivity index (χ4v) is 6.58. The number of benzene rings is 3. The first-order valence-electron chi connectivity index (χ1n) is 11.6. The van der Waals surface area contributed by atoms with Crippen molar-refractivity contribution in [1.82, 2.24) is 10.0 Å². The fraction of sp³-hybridized carbons (Fsp3) is 0.269. The van der Waals surface area contributed by atoms with Gasteiger partial charge in [-0.3, -0.25) is 4.79 Å². The zero-order valence-electron chi connectivity index (χ0n) is 20.2. The summed E-state index contributed by atoms with van der Waals surface area (Å²) in [6, 6.07) is 14.5. The molecule has 1 saturated heterocycles. The van der Waals surface area contributed by atoms with E-state index in [4.69, 9.17) is 0 Å². The van der Waals surface area contributed by atoms with E-state index in [1.807, 2.05) is 0 Å². The summed E-state index contributed by atoms with van der Waals surface area (Å²) in [7, 11) is -7.82. The highest BCUT2D eigenvalue weighted by Crippen LogP contribution is 2.31. The van der Waals surface area contributed by atoms with Crippen molar-refractivity contribution < 1.29 is 34.8 Å². The van der Waals surface area contributed by atoms with Crippen LogP contribution in [-0.2, 0) is 26.0 Å². The lowest BCUT2D eigenvalue weighted by molar-refractivity contribution is -0.137. The minimum Gasteiger partial charge on any atom is -0.316 e. The molecular formula is C26H25F3N2O5S2.